The molecule has 2 aliphatic rings. The van der Waals surface area contributed by atoms with Crippen LogP contribution in [0.1, 0.15) is 33.8 Å². The third-order valence-corrected chi connectivity index (χ3v) is 5.93. The Morgan fingerprint density at radius 3 is 2.78 bits per heavy atom. The van der Waals surface area contributed by atoms with Crippen molar-refractivity contribution in [3.63, 3.8) is 0 Å². The summed E-state index contributed by atoms with van der Waals surface area (Å²) >= 11 is 0. The van der Waals surface area contributed by atoms with E-state index in [0.717, 1.165) is 5.56 Å². The molecule has 0 saturated carbocycles. The zero-order valence-electron chi connectivity index (χ0n) is 17.1. The first-order valence-electron chi connectivity index (χ1n) is 9.87. The van der Waals surface area contributed by atoms with E-state index in [9.17, 15) is 14.4 Å². The number of benzene rings is 1. The molecule has 4 N–H and O–H groups in total. The van der Waals surface area contributed by atoms with Crippen LogP contribution < -0.4 is 15.8 Å². The monoisotopic (exact) mass is 433 g/mol. The van der Waals surface area contributed by atoms with Crippen molar-refractivity contribution in [1.82, 2.24) is 15.2 Å². The fourth-order valence-electron chi connectivity index (χ4n) is 4.28. The second kappa shape index (κ2) is 6.91. The van der Waals surface area contributed by atoms with Crippen LogP contribution in [0, 0.1) is 5.41 Å². The second-order valence-electron chi connectivity index (χ2n) is 7.92. The molecule has 2 aliphatic heterocycles. The van der Waals surface area contributed by atoms with Gasteiger partial charge in [0, 0.05) is 24.7 Å². The van der Waals surface area contributed by atoms with Crippen molar-refractivity contribution in [3.05, 3.63) is 59.0 Å². The minimum absolute atomic E-state index is 0.0419. The summed E-state index contributed by atoms with van der Waals surface area (Å²) in [6.07, 6.45) is -0.158. The summed E-state index contributed by atoms with van der Waals surface area (Å²) in [5.41, 5.74) is 6.49. The first-order valence-corrected chi connectivity index (χ1v) is 9.87. The summed E-state index contributed by atoms with van der Waals surface area (Å²) < 4.78 is 11.1. The van der Waals surface area contributed by atoms with Crippen molar-refractivity contribution in [1.29, 1.82) is 5.41 Å². The number of hydrogen-bond acceptors (Lipinski definition) is 7. The third-order valence-electron chi connectivity index (χ3n) is 5.93. The number of pyridine rings is 1. The van der Waals surface area contributed by atoms with E-state index in [4.69, 9.17) is 20.3 Å². The van der Waals surface area contributed by atoms with Gasteiger partial charge in [0.2, 0.25) is 11.8 Å². The molecule has 4 heterocycles. The molecule has 0 unspecified atom stereocenters. The molecule has 10 heteroatoms. The summed E-state index contributed by atoms with van der Waals surface area (Å²) in [5, 5.41) is 9.91. The van der Waals surface area contributed by atoms with Crippen LogP contribution in [-0.4, -0.2) is 47.1 Å². The van der Waals surface area contributed by atoms with Crippen LogP contribution in [0.4, 0.5) is 0 Å². The highest BCUT2D eigenvalue weighted by Gasteiger charge is 2.53. The van der Waals surface area contributed by atoms with Crippen LogP contribution in [0.25, 0.3) is 11.1 Å². The number of amides is 3. The third kappa shape index (κ3) is 2.91. The van der Waals surface area contributed by atoms with E-state index in [1.165, 1.54) is 12.0 Å². The summed E-state index contributed by atoms with van der Waals surface area (Å²) in [5.74, 6) is -0.640. The number of imide groups is 1. The van der Waals surface area contributed by atoms with Crippen LogP contribution in [0.2, 0.25) is 0 Å². The predicted molar refractivity (Wildman–Crippen MR) is 112 cm³/mol. The molecule has 1 fully saturated rings. The summed E-state index contributed by atoms with van der Waals surface area (Å²) in [7, 11) is 1.52. The molecular formula is C22H19N5O5. The molecule has 3 amide bonds. The standard InChI is InChI=1S/C22H19N5O5/c1-31-12-3-2-11-9-27(20(29)13(11)6-12)10-22(8-18(28)26-21(22)30)17-7-15-16(32-17)5-4-14(25-15)19(23)24/h2-7H,8-10H2,1H3,(H3,23,24)(H,26,28,30)/t22-/m1/s1. The van der Waals surface area contributed by atoms with Gasteiger partial charge in [0.25, 0.3) is 5.91 Å². The Kier molecular flexibility index (Phi) is 4.26. The number of carbonyl (C=O) groups excluding carboxylic acids is 3. The Balaban J connectivity index is 1.55. The van der Waals surface area contributed by atoms with Gasteiger partial charge in [-0.05, 0) is 29.8 Å². The molecule has 1 saturated heterocycles. The van der Waals surface area contributed by atoms with Gasteiger partial charge in [-0.3, -0.25) is 25.1 Å². The van der Waals surface area contributed by atoms with Gasteiger partial charge in [0.05, 0.1) is 13.5 Å². The minimum Gasteiger partial charge on any atom is -0.497 e. The average Bonchev–Trinajstić information content (AvgIpc) is 3.41. The molecule has 10 nitrogen and oxygen atoms in total. The molecule has 162 valence electrons. The van der Waals surface area contributed by atoms with Crippen molar-refractivity contribution >= 4 is 34.7 Å². The topological polar surface area (TPSA) is 152 Å². The van der Waals surface area contributed by atoms with Gasteiger partial charge in [-0.15, -0.1) is 0 Å². The van der Waals surface area contributed by atoms with Gasteiger partial charge < -0.3 is 19.8 Å². The Bertz CT molecular complexity index is 1330. The maximum absolute atomic E-state index is 13.1. The van der Waals surface area contributed by atoms with E-state index in [1.807, 2.05) is 6.07 Å². The molecule has 0 spiro atoms. The van der Waals surface area contributed by atoms with E-state index in [1.54, 1.807) is 30.3 Å². The lowest BCUT2D eigenvalue weighted by Crippen LogP contribution is -2.46. The van der Waals surface area contributed by atoms with Gasteiger partial charge in [-0.1, -0.05) is 6.07 Å². The number of methoxy groups -OCH3 is 1. The molecule has 2 aromatic heterocycles. The highest BCUT2D eigenvalue weighted by molar-refractivity contribution is 6.10. The number of nitrogens with zero attached hydrogens (tertiary/aromatic N) is 2. The molecule has 0 aliphatic carbocycles. The maximum Gasteiger partial charge on any atom is 0.254 e. The molecule has 0 radical (unpaired) electrons. The zero-order chi connectivity index (χ0) is 22.6. The summed E-state index contributed by atoms with van der Waals surface area (Å²) in [4.78, 5) is 44.1. The first-order chi connectivity index (χ1) is 15.3. The number of rotatable bonds is 5. The number of furan rings is 1. The molecule has 5 rings (SSSR count). The van der Waals surface area contributed by atoms with Crippen LogP contribution in [-0.2, 0) is 21.5 Å². The minimum atomic E-state index is -1.39. The number of nitrogen functional groups attached to an aromatic ring is 1. The highest BCUT2D eigenvalue weighted by Crippen LogP contribution is 2.39. The van der Waals surface area contributed by atoms with Gasteiger partial charge in [-0.25, -0.2) is 4.98 Å². The largest absolute Gasteiger partial charge is 0.497 e. The first kappa shape index (κ1) is 19.7. The number of aromatic nitrogens is 1. The summed E-state index contributed by atoms with van der Waals surface area (Å²) in [6, 6.07) is 9.96. The van der Waals surface area contributed by atoms with Crippen molar-refractivity contribution in [2.75, 3.05) is 13.7 Å². The number of nitrogens with two attached hydrogens (primary N) is 1. The Morgan fingerprint density at radius 1 is 1.28 bits per heavy atom. The lowest BCUT2D eigenvalue weighted by Gasteiger charge is -2.28. The normalized spacial score (nSPS) is 20.0. The number of ether oxygens (including phenoxy) is 1. The Labute approximate surface area is 181 Å². The summed E-state index contributed by atoms with van der Waals surface area (Å²) in [6.45, 7) is 0.258. The highest BCUT2D eigenvalue weighted by atomic mass is 16.5. The average molecular weight is 433 g/mol. The Hall–Kier alpha value is -4.21. The lowest BCUT2D eigenvalue weighted by atomic mass is 9.82. The van der Waals surface area contributed by atoms with Crippen molar-refractivity contribution in [2.45, 2.75) is 18.4 Å². The van der Waals surface area contributed by atoms with Gasteiger partial charge in [-0.2, -0.15) is 0 Å². The predicted octanol–water partition coefficient (Wildman–Crippen LogP) is 1.06. The molecule has 1 aromatic carbocycles. The molecule has 1 atom stereocenters. The zero-order valence-corrected chi connectivity index (χ0v) is 17.1. The van der Waals surface area contributed by atoms with E-state index in [0.29, 0.717) is 29.0 Å². The lowest BCUT2D eigenvalue weighted by molar-refractivity contribution is -0.126. The van der Waals surface area contributed by atoms with Crippen molar-refractivity contribution in [3.8, 4) is 5.75 Å². The Morgan fingerprint density at radius 2 is 2.09 bits per heavy atom. The molecule has 3 aromatic rings. The van der Waals surface area contributed by atoms with E-state index >= 15 is 0 Å². The smallest absolute Gasteiger partial charge is 0.254 e. The van der Waals surface area contributed by atoms with Crippen molar-refractivity contribution < 1.29 is 23.5 Å². The van der Waals surface area contributed by atoms with Crippen LogP contribution in [0.3, 0.4) is 0 Å². The van der Waals surface area contributed by atoms with Gasteiger partial charge >= 0.3 is 0 Å². The fraction of sp³-hybridized carbons (Fsp3) is 0.227. The molecular weight excluding hydrogens is 414 g/mol. The second-order valence-corrected chi connectivity index (χ2v) is 7.92. The van der Waals surface area contributed by atoms with Gasteiger partial charge in [0.1, 0.15) is 34.0 Å². The number of fused-ring (bicyclic) bond motifs is 2. The maximum atomic E-state index is 13.1. The van der Waals surface area contributed by atoms with Crippen LogP contribution >= 0.6 is 0 Å². The van der Waals surface area contributed by atoms with E-state index in [-0.39, 0.29) is 36.2 Å². The van der Waals surface area contributed by atoms with Crippen molar-refractivity contribution in [2.24, 2.45) is 5.73 Å². The number of nitrogens with one attached hydrogen (secondary N) is 2. The molecule has 32 heavy (non-hydrogen) atoms. The number of hydrogen-bond donors (Lipinski definition) is 3. The van der Waals surface area contributed by atoms with Crippen LogP contribution in [0.15, 0.2) is 40.8 Å². The quantitative estimate of drug-likeness (QED) is 0.309. The van der Waals surface area contributed by atoms with E-state index < -0.39 is 17.2 Å². The van der Waals surface area contributed by atoms with E-state index in [2.05, 4.69) is 10.3 Å². The fourth-order valence-corrected chi connectivity index (χ4v) is 4.28. The SMILES string of the molecule is COc1ccc2c(c1)C(=O)N(C[C@@]1(c3cc4nc(C(=N)N)ccc4o3)CC(=O)NC1=O)C2. The molecule has 0 bridgehead atoms. The number of amidine groups is 1. The number of carbonyl (C=O) groups is 3. The van der Waals surface area contributed by atoms with Gasteiger partial charge in [0.15, 0.2) is 5.58 Å². The van der Waals surface area contributed by atoms with Crippen LogP contribution in [0.5, 0.6) is 5.75 Å².